The third kappa shape index (κ3) is 6.01. The van der Waals surface area contributed by atoms with Crippen molar-refractivity contribution in [2.24, 2.45) is 0 Å². The number of anilines is 3. The minimum atomic E-state index is -0.561. The molecule has 11 aromatic rings. The van der Waals surface area contributed by atoms with E-state index in [2.05, 4.69) is 270 Å². The second kappa shape index (κ2) is 16.1. The predicted molar refractivity (Wildman–Crippen MR) is 290 cm³/mol. The van der Waals surface area contributed by atoms with Gasteiger partial charge in [-0.25, -0.2) is 0 Å². The van der Waals surface area contributed by atoms with Crippen molar-refractivity contribution in [1.82, 2.24) is 4.57 Å². The normalized spacial score (nSPS) is 16.3. The second-order valence-corrected chi connectivity index (χ2v) is 18.6. The van der Waals surface area contributed by atoms with Crippen molar-refractivity contribution in [2.75, 3.05) is 4.90 Å². The fourth-order valence-corrected chi connectivity index (χ4v) is 12.1. The van der Waals surface area contributed by atoms with Gasteiger partial charge in [-0.05, 0) is 110 Å². The Balaban J connectivity index is 1.05. The van der Waals surface area contributed by atoms with Gasteiger partial charge in [0.1, 0.15) is 11.9 Å². The standard InChI is InChI=1S/C67H46N2O/c1-3-21-45(22-4-1)49-25-7-8-26-50(49)51-27-9-10-28-52(51)55-30-12-17-35-62(55)68(48-40-42-57-56-31-13-18-36-63(56)69(64(57)44-48)46-23-5-2-6-24-46)47-39-41-54-53-29-11-14-32-58(53)67(61(54)43-47)59-33-15-19-37-65(59)70-66-38-20-16-34-60(66)67/h1-37,39-44,66H,38H2. The Morgan fingerprint density at radius 3 is 1.81 bits per heavy atom. The summed E-state index contributed by atoms with van der Waals surface area (Å²) in [5, 5.41) is 2.44. The summed E-state index contributed by atoms with van der Waals surface area (Å²) in [6, 6.07) is 89.1. The van der Waals surface area contributed by atoms with Crippen LogP contribution in [-0.2, 0) is 5.41 Å². The first-order valence-corrected chi connectivity index (χ1v) is 24.4. The van der Waals surface area contributed by atoms with Gasteiger partial charge in [-0.15, -0.1) is 0 Å². The molecule has 0 bridgehead atoms. The molecule has 0 saturated heterocycles. The van der Waals surface area contributed by atoms with Gasteiger partial charge in [0.15, 0.2) is 0 Å². The van der Waals surface area contributed by atoms with Crippen LogP contribution in [0.15, 0.2) is 266 Å². The Kier molecular flexibility index (Phi) is 9.25. The molecule has 0 radical (unpaired) electrons. The van der Waals surface area contributed by atoms with E-state index in [0.29, 0.717) is 0 Å². The van der Waals surface area contributed by atoms with Crippen molar-refractivity contribution < 1.29 is 4.74 Å². The molecule has 70 heavy (non-hydrogen) atoms. The van der Waals surface area contributed by atoms with Gasteiger partial charge in [0.2, 0.25) is 0 Å². The maximum Gasteiger partial charge on any atom is 0.125 e. The SMILES string of the molecule is C1=CCC2Oc3ccccc3C3(C2=C1)c1ccccc1-c1ccc(N(c2ccc4c5ccccc5n(-c5ccccc5)c4c2)c2ccccc2-c2ccccc2-c2ccccc2-c2ccccc2)cc13. The molecule has 0 N–H and O–H groups in total. The Morgan fingerprint density at radius 1 is 0.429 bits per heavy atom. The van der Waals surface area contributed by atoms with Crippen molar-refractivity contribution in [2.45, 2.75) is 17.9 Å². The fourth-order valence-electron chi connectivity index (χ4n) is 12.1. The lowest BCUT2D eigenvalue weighted by atomic mass is 9.63. The summed E-state index contributed by atoms with van der Waals surface area (Å²) in [5.74, 6) is 0.946. The lowest BCUT2D eigenvalue weighted by molar-refractivity contribution is 0.205. The van der Waals surface area contributed by atoms with Crippen LogP contribution >= 0.6 is 0 Å². The number of allylic oxidation sites excluding steroid dienone is 2. The van der Waals surface area contributed by atoms with Crippen LogP contribution in [0.2, 0.25) is 0 Å². The smallest absolute Gasteiger partial charge is 0.125 e. The van der Waals surface area contributed by atoms with Crippen LogP contribution in [0.1, 0.15) is 23.1 Å². The first kappa shape index (κ1) is 40.2. The zero-order valence-corrected chi connectivity index (χ0v) is 38.4. The predicted octanol–water partition coefficient (Wildman–Crippen LogP) is 17.2. The van der Waals surface area contributed by atoms with Gasteiger partial charge in [0.05, 0.1) is 22.1 Å². The van der Waals surface area contributed by atoms with E-state index in [1.807, 2.05) is 0 Å². The molecular weight excluding hydrogens is 849 g/mol. The van der Waals surface area contributed by atoms with E-state index >= 15 is 0 Å². The number of hydrogen-bond donors (Lipinski definition) is 0. The summed E-state index contributed by atoms with van der Waals surface area (Å²) >= 11 is 0. The monoisotopic (exact) mass is 894 g/mol. The molecule has 14 rings (SSSR count). The van der Waals surface area contributed by atoms with Crippen molar-refractivity contribution in [3.8, 4) is 55.9 Å². The number of ether oxygens (including phenoxy) is 1. The number of nitrogens with zero attached hydrogens (tertiary/aromatic N) is 2. The first-order chi connectivity index (χ1) is 34.8. The van der Waals surface area contributed by atoms with E-state index in [-0.39, 0.29) is 6.10 Å². The Hall–Kier alpha value is -8.92. The van der Waals surface area contributed by atoms with Crippen molar-refractivity contribution in [1.29, 1.82) is 0 Å². The molecule has 0 saturated carbocycles. The summed E-state index contributed by atoms with van der Waals surface area (Å²) < 4.78 is 9.32. The highest BCUT2D eigenvalue weighted by Crippen LogP contribution is 2.62. The Bertz CT molecular complexity index is 3920. The van der Waals surface area contributed by atoms with Crippen LogP contribution in [0, 0.1) is 0 Å². The number of hydrogen-bond acceptors (Lipinski definition) is 2. The van der Waals surface area contributed by atoms with Crippen LogP contribution in [0.5, 0.6) is 5.75 Å². The van der Waals surface area contributed by atoms with Crippen LogP contribution in [0.4, 0.5) is 17.1 Å². The number of para-hydroxylation sites is 4. The first-order valence-electron chi connectivity index (χ1n) is 24.4. The zero-order valence-electron chi connectivity index (χ0n) is 38.4. The van der Waals surface area contributed by atoms with Gasteiger partial charge in [0, 0.05) is 45.4 Å². The molecule has 330 valence electrons. The topological polar surface area (TPSA) is 17.4 Å². The van der Waals surface area contributed by atoms with Crippen molar-refractivity contribution in [3.05, 3.63) is 283 Å². The van der Waals surface area contributed by atoms with E-state index < -0.39 is 5.41 Å². The third-order valence-electron chi connectivity index (χ3n) is 15.0. The lowest BCUT2D eigenvalue weighted by Crippen LogP contribution is -2.42. The minimum absolute atomic E-state index is 0.0861. The highest BCUT2D eigenvalue weighted by molar-refractivity contribution is 6.11. The molecule has 3 nitrogen and oxygen atoms in total. The van der Waals surface area contributed by atoms with E-state index in [1.54, 1.807) is 0 Å². The van der Waals surface area contributed by atoms with E-state index in [4.69, 9.17) is 4.74 Å². The van der Waals surface area contributed by atoms with Crippen LogP contribution < -0.4 is 9.64 Å². The minimum Gasteiger partial charge on any atom is -0.485 e. The highest BCUT2D eigenvalue weighted by atomic mass is 16.5. The highest BCUT2D eigenvalue weighted by Gasteiger charge is 2.53. The molecule has 2 atom stereocenters. The summed E-state index contributed by atoms with van der Waals surface area (Å²) in [5.41, 5.74) is 20.8. The van der Waals surface area contributed by atoms with Crippen LogP contribution in [0.25, 0.3) is 72.0 Å². The lowest BCUT2D eigenvalue weighted by Gasteiger charge is -2.45. The molecule has 2 aliphatic carbocycles. The largest absolute Gasteiger partial charge is 0.485 e. The quantitative estimate of drug-likeness (QED) is 0.159. The second-order valence-electron chi connectivity index (χ2n) is 18.6. The van der Waals surface area contributed by atoms with E-state index in [0.717, 1.165) is 51.6 Å². The summed E-state index contributed by atoms with van der Waals surface area (Å²) in [4.78, 5) is 2.51. The number of fused-ring (bicyclic) bond motifs is 12. The van der Waals surface area contributed by atoms with E-state index in [9.17, 15) is 0 Å². The zero-order chi connectivity index (χ0) is 46.2. The van der Waals surface area contributed by atoms with Crippen LogP contribution in [0.3, 0.4) is 0 Å². The molecule has 1 aliphatic heterocycles. The Labute approximate surface area is 408 Å². The van der Waals surface area contributed by atoms with Gasteiger partial charge in [0.25, 0.3) is 0 Å². The molecule has 2 heterocycles. The van der Waals surface area contributed by atoms with Gasteiger partial charge in [-0.1, -0.05) is 206 Å². The average Bonchev–Trinajstić information content (AvgIpc) is 3.92. The average molecular weight is 895 g/mol. The molecule has 1 aromatic heterocycles. The van der Waals surface area contributed by atoms with E-state index in [1.165, 1.54) is 71.9 Å². The summed E-state index contributed by atoms with van der Waals surface area (Å²) in [6.07, 6.45) is 7.54. The molecule has 3 heteroatoms. The molecule has 0 fully saturated rings. The molecule has 3 aliphatic rings. The maximum atomic E-state index is 6.90. The maximum absolute atomic E-state index is 6.90. The van der Waals surface area contributed by atoms with Crippen LogP contribution in [-0.4, -0.2) is 10.7 Å². The third-order valence-corrected chi connectivity index (χ3v) is 15.0. The van der Waals surface area contributed by atoms with Gasteiger partial charge >= 0.3 is 0 Å². The number of aromatic nitrogens is 1. The summed E-state index contributed by atoms with van der Waals surface area (Å²) in [7, 11) is 0. The molecular formula is C67H46N2O. The molecule has 1 spiro atoms. The van der Waals surface area contributed by atoms with Gasteiger partial charge in [-0.2, -0.15) is 0 Å². The van der Waals surface area contributed by atoms with Gasteiger partial charge in [-0.3, -0.25) is 0 Å². The van der Waals surface area contributed by atoms with Gasteiger partial charge < -0.3 is 14.2 Å². The molecule has 0 amide bonds. The summed E-state index contributed by atoms with van der Waals surface area (Å²) in [6.45, 7) is 0. The fraction of sp³-hybridized carbons (Fsp3) is 0.0448. The van der Waals surface area contributed by atoms with Crippen molar-refractivity contribution >= 4 is 38.9 Å². The number of benzene rings is 10. The Morgan fingerprint density at radius 2 is 1.00 bits per heavy atom. The molecule has 10 aromatic carbocycles. The van der Waals surface area contributed by atoms with Crippen molar-refractivity contribution in [3.63, 3.8) is 0 Å². The molecule has 2 unspecified atom stereocenters. The number of rotatable bonds is 7.